The normalized spacial score (nSPS) is 13.9. The summed E-state index contributed by atoms with van der Waals surface area (Å²) in [6, 6.07) is 18.7. The summed E-state index contributed by atoms with van der Waals surface area (Å²) in [4.78, 5) is 28.4. The zero-order valence-corrected chi connectivity index (χ0v) is 18.7. The monoisotopic (exact) mass is 430 g/mol. The number of carbonyl (C=O) groups excluding carboxylic acids is 2. The highest BCUT2D eigenvalue weighted by molar-refractivity contribution is 6.46. The van der Waals surface area contributed by atoms with E-state index in [1.807, 2.05) is 64.1 Å². The number of aryl methyl sites for hydroxylation is 4. The summed E-state index contributed by atoms with van der Waals surface area (Å²) in [5.74, 6) is -0.725. The highest BCUT2D eigenvalue weighted by Gasteiger charge is 2.41. The first kappa shape index (κ1) is 20.9. The SMILES string of the molecule is Cc1ccc(NC2=C(c3ccc(Cl)cc3)C(=O)N(c3cc(C)ccc3C)C2=O)c(C)c1. The Hall–Kier alpha value is -3.37. The third-order valence-corrected chi connectivity index (χ3v) is 5.72. The fourth-order valence-corrected chi connectivity index (χ4v) is 3.92. The van der Waals surface area contributed by atoms with Crippen LogP contribution in [0.1, 0.15) is 27.8 Å². The minimum absolute atomic E-state index is 0.264. The average Bonchev–Trinajstić information content (AvgIpc) is 2.96. The van der Waals surface area contributed by atoms with Crippen molar-refractivity contribution in [2.24, 2.45) is 0 Å². The van der Waals surface area contributed by atoms with Crippen LogP contribution in [-0.4, -0.2) is 11.8 Å². The Kier molecular flexibility index (Phi) is 5.42. The molecule has 0 aromatic heterocycles. The molecule has 1 aliphatic heterocycles. The van der Waals surface area contributed by atoms with Gasteiger partial charge >= 0.3 is 0 Å². The zero-order valence-electron chi connectivity index (χ0n) is 17.9. The van der Waals surface area contributed by atoms with Gasteiger partial charge in [-0.3, -0.25) is 9.59 Å². The molecule has 3 aromatic rings. The van der Waals surface area contributed by atoms with E-state index in [4.69, 9.17) is 11.6 Å². The molecule has 5 heteroatoms. The minimum atomic E-state index is -0.372. The van der Waals surface area contributed by atoms with E-state index in [0.29, 0.717) is 21.8 Å². The number of amides is 2. The molecule has 0 radical (unpaired) electrons. The minimum Gasteiger partial charge on any atom is -0.350 e. The number of imide groups is 1. The lowest BCUT2D eigenvalue weighted by molar-refractivity contribution is -0.120. The van der Waals surface area contributed by atoms with E-state index in [1.54, 1.807) is 24.3 Å². The molecule has 0 aliphatic carbocycles. The Morgan fingerprint density at radius 3 is 2.06 bits per heavy atom. The van der Waals surface area contributed by atoms with Gasteiger partial charge in [0.15, 0.2) is 0 Å². The Bertz CT molecular complexity index is 1240. The number of anilines is 2. The number of halogens is 1. The molecule has 0 spiro atoms. The van der Waals surface area contributed by atoms with Crippen LogP contribution in [0.5, 0.6) is 0 Å². The largest absolute Gasteiger partial charge is 0.350 e. The highest BCUT2D eigenvalue weighted by atomic mass is 35.5. The lowest BCUT2D eigenvalue weighted by atomic mass is 10.0. The molecule has 1 N–H and O–H groups in total. The lowest BCUT2D eigenvalue weighted by Gasteiger charge is -2.18. The zero-order chi connectivity index (χ0) is 22.3. The van der Waals surface area contributed by atoms with Crippen molar-refractivity contribution in [3.8, 4) is 0 Å². The van der Waals surface area contributed by atoms with Crippen LogP contribution in [0.2, 0.25) is 5.02 Å². The molecule has 156 valence electrons. The smallest absolute Gasteiger partial charge is 0.282 e. The van der Waals surface area contributed by atoms with Gasteiger partial charge in [-0.1, -0.05) is 53.6 Å². The van der Waals surface area contributed by atoms with Crippen LogP contribution in [0.25, 0.3) is 5.57 Å². The summed E-state index contributed by atoms with van der Waals surface area (Å²) < 4.78 is 0. The molecule has 0 atom stereocenters. The second-order valence-corrected chi connectivity index (χ2v) is 8.37. The van der Waals surface area contributed by atoms with Crippen LogP contribution in [-0.2, 0) is 9.59 Å². The Morgan fingerprint density at radius 2 is 1.39 bits per heavy atom. The van der Waals surface area contributed by atoms with Crippen LogP contribution in [0.3, 0.4) is 0 Å². The topological polar surface area (TPSA) is 49.4 Å². The number of hydrogen-bond donors (Lipinski definition) is 1. The van der Waals surface area contributed by atoms with Gasteiger partial charge in [-0.25, -0.2) is 4.90 Å². The molecule has 4 rings (SSSR count). The summed E-state index contributed by atoms with van der Waals surface area (Å²) in [6.07, 6.45) is 0. The maximum Gasteiger partial charge on any atom is 0.282 e. The third kappa shape index (κ3) is 3.87. The number of hydrogen-bond acceptors (Lipinski definition) is 3. The van der Waals surface area contributed by atoms with E-state index >= 15 is 0 Å². The van der Waals surface area contributed by atoms with E-state index in [0.717, 1.165) is 27.9 Å². The van der Waals surface area contributed by atoms with Gasteiger partial charge in [0.1, 0.15) is 5.70 Å². The summed E-state index contributed by atoms with van der Waals surface area (Å²) in [5.41, 5.74) is 6.58. The highest BCUT2D eigenvalue weighted by Crippen LogP contribution is 2.36. The Labute approximate surface area is 187 Å². The maximum atomic E-state index is 13.6. The fourth-order valence-electron chi connectivity index (χ4n) is 3.80. The van der Waals surface area contributed by atoms with E-state index in [2.05, 4.69) is 5.32 Å². The Balaban J connectivity index is 1.87. The third-order valence-electron chi connectivity index (χ3n) is 5.46. The number of nitrogens with one attached hydrogen (secondary N) is 1. The molecule has 31 heavy (non-hydrogen) atoms. The average molecular weight is 431 g/mol. The first-order valence-corrected chi connectivity index (χ1v) is 10.4. The van der Waals surface area contributed by atoms with Crippen LogP contribution in [0, 0.1) is 27.7 Å². The number of rotatable bonds is 4. The molecule has 0 fully saturated rings. The van der Waals surface area contributed by atoms with Gasteiger partial charge in [0, 0.05) is 10.7 Å². The molecule has 0 saturated carbocycles. The van der Waals surface area contributed by atoms with Gasteiger partial charge < -0.3 is 5.32 Å². The van der Waals surface area contributed by atoms with Crippen molar-refractivity contribution in [2.75, 3.05) is 10.2 Å². The molecule has 0 unspecified atom stereocenters. The van der Waals surface area contributed by atoms with Crippen LogP contribution < -0.4 is 10.2 Å². The summed E-state index contributed by atoms with van der Waals surface area (Å²) in [5, 5.41) is 3.81. The molecular formula is C26H23ClN2O2. The predicted molar refractivity (Wildman–Crippen MR) is 126 cm³/mol. The van der Waals surface area contributed by atoms with Gasteiger partial charge in [-0.05, 0) is 74.2 Å². The molecule has 0 saturated heterocycles. The van der Waals surface area contributed by atoms with Crippen molar-refractivity contribution >= 4 is 40.4 Å². The van der Waals surface area contributed by atoms with Crippen molar-refractivity contribution in [3.63, 3.8) is 0 Å². The summed E-state index contributed by atoms with van der Waals surface area (Å²) >= 11 is 6.05. The maximum absolute atomic E-state index is 13.6. The van der Waals surface area contributed by atoms with Gasteiger partial charge in [0.05, 0.1) is 11.3 Å². The molecule has 1 aliphatic rings. The van der Waals surface area contributed by atoms with Gasteiger partial charge in [-0.15, -0.1) is 0 Å². The van der Waals surface area contributed by atoms with E-state index in [9.17, 15) is 9.59 Å². The first-order valence-electron chi connectivity index (χ1n) is 10.1. The number of nitrogens with zero attached hydrogens (tertiary/aromatic N) is 1. The second-order valence-electron chi connectivity index (χ2n) is 7.94. The number of carbonyl (C=O) groups is 2. The van der Waals surface area contributed by atoms with Crippen molar-refractivity contribution < 1.29 is 9.59 Å². The molecule has 0 bridgehead atoms. The van der Waals surface area contributed by atoms with Crippen molar-refractivity contribution in [1.82, 2.24) is 0 Å². The molecule has 2 amide bonds. The fraction of sp³-hybridized carbons (Fsp3) is 0.154. The Morgan fingerprint density at radius 1 is 0.742 bits per heavy atom. The molecule has 1 heterocycles. The molecule has 3 aromatic carbocycles. The van der Waals surface area contributed by atoms with Gasteiger partial charge in [0.2, 0.25) is 0 Å². The van der Waals surface area contributed by atoms with Crippen molar-refractivity contribution in [1.29, 1.82) is 0 Å². The molecule has 4 nitrogen and oxygen atoms in total. The number of benzene rings is 3. The standard InChI is InChI=1S/C26H23ClN2O2/c1-15-6-12-21(18(4)13-15)28-24-23(19-8-10-20(27)11-9-19)25(30)29(26(24)31)22-14-16(2)5-7-17(22)3/h5-14,28H,1-4H3. The van der Waals surface area contributed by atoms with Crippen molar-refractivity contribution in [2.45, 2.75) is 27.7 Å². The van der Waals surface area contributed by atoms with E-state index in [1.165, 1.54) is 4.90 Å². The first-order chi connectivity index (χ1) is 14.8. The van der Waals surface area contributed by atoms with Crippen LogP contribution in [0.15, 0.2) is 66.4 Å². The van der Waals surface area contributed by atoms with E-state index < -0.39 is 0 Å². The van der Waals surface area contributed by atoms with Crippen LogP contribution >= 0.6 is 11.6 Å². The quantitative estimate of drug-likeness (QED) is 0.518. The summed E-state index contributed by atoms with van der Waals surface area (Å²) in [6.45, 7) is 7.83. The van der Waals surface area contributed by atoms with Gasteiger partial charge in [-0.2, -0.15) is 0 Å². The molecular weight excluding hydrogens is 408 g/mol. The van der Waals surface area contributed by atoms with Gasteiger partial charge in [0.25, 0.3) is 11.8 Å². The summed E-state index contributed by atoms with van der Waals surface area (Å²) in [7, 11) is 0. The van der Waals surface area contributed by atoms with Crippen LogP contribution in [0.4, 0.5) is 11.4 Å². The second kappa shape index (κ2) is 8.05. The lowest BCUT2D eigenvalue weighted by Crippen LogP contribution is -2.33. The van der Waals surface area contributed by atoms with Crippen molar-refractivity contribution in [3.05, 3.63) is 99.2 Å². The predicted octanol–water partition coefficient (Wildman–Crippen LogP) is 5.97. The van der Waals surface area contributed by atoms with E-state index in [-0.39, 0.29) is 17.5 Å².